The Balaban J connectivity index is 1.56. The Bertz CT molecular complexity index is 736. The topological polar surface area (TPSA) is 71.8 Å². The first-order valence-electron chi connectivity index (χ1n) is 9.29. The van der Waals surface area contributed by atoms with Gasteiger partial charge in [-0.3, -0.25) is 10.1 Å². The minimum atomic E-state index is 0.0620. The molecule has 2 heterocycles. The zero-order valence-corrected chi connectivity index (χ0v) is 14.6. The predicted octanol–water partition coefficient (Wildman–Crippen LogP) is 3.59. The van der Waals surface area contributed by atoms with Crippen LogP contribution < -0.4 is 10.6 Å². The average molecular weight is 339 g/mol. The van der Waals surface area contributed by atoms with Gasteiger partial charge in [-0.1, -0.05) is 49.6 Å². The molecule has 1 fully saturated rings. The lowest BCUT2D eigenvalue weighted by Gasteiger charge is -2.29. The average Bonchev–Trinajstić information content (AvgIpc) is 3.04. The van der Waals surface area contributed by atoms with E-state index in [1.807, 2.05) is 22.9 Å². The number of anilines is 2. The van der Waals surface area contributed by atoms with Gasteiger partial charge in [-0.15, -0.1) is 5.10 Å². The molecule has 0 unspecified atom stereocenters. The van der Waals surface area contributed by atoms with Crippen LogP contribution in [0.25, 0.3) is 0 Å². The van der Waals surface area contributed by atoms with Crippen LogP contribution in [0.1, 0.15) is 57.1 Å². The molecule has 4 rings (SSSR count). The molecule has 1 aliphatic carbocycles. The number of amides is 1. The Morgan fingerprint density at radius 2 is 1.96 bits per heavy atom. The second-order valence-corrected chi connectivity index (χ2v) is 7.24. The zero-order valence-electron chi connectivity index (χ0n) is 14.6. The van der Waals surface area contributed by atoms with E-state index in [9.17, 15) is 4.79 Å². The summed E-state index contributed by atoms with van der Waals surface area (Å²) in [4.78, 5) is 17.0. The summed E-state index contributed by atoms with van der Waals surface area (Å²) in [5.41, 5.74) is 1.21. The maximum Gasteiger partial charge on any atom is 0.250 e. The van der Waals surface area contributed by atoms with Crippen LogP contribution >= 0.6 is 0 Å². The van der Waals surface area contributed by atoms with Crippen LogP contribution in [0.2, 0.25) is 0 Å². The molecule has 25 heavy (non-hydrogen) atoms. The molecule has 0 bridgehead atoms. The van der Waals surface area contributed by atoms with Gasteiger partial charge < -0.3 is 5.32 Å². The second-order valence-electron chi connectivity index (χ2n) is 7.24. The SMILES string of the molecule is C[C@@H]1C[C@@H](c2ccccc2)n2nc(NC(=O)C3CCCCC3)nc2N1. The van der Waals surface area contributed by atoms with Crippen molar-refractivity contribution in [2.45, 2.75) is 57.5 Å². The highest BCUT2D eigenvalue weighted by Gasteiger charge is 2.29. The molecule has 2 atom stereocenters. The monoisotopic (exact) mass is 339 g/mol. The van der Waals surface area contributed by atoms with Gasteiger partial charge in [0.1, 0.15) is 0 Å². The number of carbonyl (C=O) groups excluding carboxylic acids is 1. The molecule has 0 saturated heterocycles. The fourth-order valence-electron chi connectivity index (χ4n) is 3.94. The van der Waals surface area contributed by atoms with E-state index in [0.717, 1.165) is 38.1 Å². The fourth-order valence-corrected chi connectivity index (χ4v) is 3.94. The number of hydrogen-bond donors (Lipinski definition) is 2. The molecule has 0 spiro atoms. The molecular weight excluding hydrogens is 314 g/mol. The summed E-state index contributed by atoms with van der Waals surface area (Å²) in [5, 5.41) is 10.9. The summed E-state index contributed by atoms with van der Waals surface area (Å²) in [7, 11) is 0. The number of carbonyl (C=O) groups is 1. The zero-order chi connectivity index (χ0) is 17.2. The van der Waals surface area contributed by atoms with Crippen molar-refractivity contribution in [3.05, 3.63) is 35.9 Å². The Labute approximate surface area is 148 Å². The van der Waals surface area contributed by atoms with Gasteiger partial charge in [0.25, 0.3) is 5.95 Å². The first-order chi connectivity index (χ1) is 12.2. The van der Waals surface area contributed by atoms with Gasteiger partial charge in [-0.25, -0.2) is 4.68 Å². The van der Waals surface area contributed by atoms with Crippen LogP contribution in [0.3, 0.4) is 0 Å². The lowest BCUT2D eigenvalue weighted by molar-refractivity contribution is -0.120. The predicted molar refractivity (Wildman–Crippen MR) is 97.5 cm³/mol. The van der Waals surface area contributed by atoms with Crippen LogP contribution in [-0.2, 0) is 4.79 Å². The van der Waals surface area contributed by atoms with E-state index >= 15 is 0 Å². The summed E-state index contributed by atoms with van der Waals surface area (Å²) in [6, 6.07) is 10.8. The third-order valence-corrected chi connectivity index (χ3v) is 5.27. The quantitative estimate of drug-likeness (QED) is 0.896. The molecule has 6 nitrogen and oxygen atoms in total. The number of fused-ring (bicyclic) bond motifs is 1. The Morgan fingerprint density at radius 1 is 1.20 bits per heavy atom. The van der Waals surface area contributed by atoms with E-state index in [1.165, 1.54) is 12.0 Å². The second kappa shape index (κ2) is 6.86. The molecule has 1 aromatic heterocycles. The van der Waals surface area contributed by atoms with Crippen LogP contribution in [0.15, 0.2) is 30.3 Å². The summed E-state index contributed by atoms with van der Waals surface area (Å²) in [5.74, 6) is 1.30. The third kappa shape index (κ3) is 3.38. The Kier molecular flexibility index (Phi) is 4.42. The molecule has 1 saturated carbocycles. The maximum atomic E-state index is 12.5. The van der Waals surface area contributed by atoms with Crippen LogP contribution in [0, 0.1) is 5.92 Å². The summed E-state index contributed by atoms with van der Waals surface area (Å²) >= 11 is 0. The van der Waals surface area contributed by atoms with E-state index < -0.39 is 0 Å². The molecule has 1 aliphatic heterocycles. The van der Waals surface area contributed by atoms with Crippen molar-refractivity contribution in [2.24, 2.45) is 5.92 Å². The largest absolute Gasteiger partial charge is 0.352 e. The number of nitrogens with zero attached hydrogens (tertiary/aromatic N) is 3. The molecule has 2 aromatic rings. The van der Waals surface area contributed by atoms with Crippen molar-refractivity contribution in [3.63, 3.8) is 0 Å². The molecule has 132 valence electrons. The first-order valence-corrected chi connectivity index (χ1v) is 9.29. The van der Waals surface area contributed by atoms with Gasteiger partial charge >= 0.3 is 0 Å². The fraction of sp³-hybridized carbons (Fsp3) is 0.526. The number of rotatable bonds is 3. The van der Waals surface area contributed by atoms with Crippen molar-refractivity contribution in [1.82, 2.24) is 14.8 Å². The van der Waals surface area contributed by atoms with Crippen LogP contribution in [0.4, 0.5) is 11.9 Å². The van der Waals surface area contributed by atoms with E-state index in [-0.39, 0.29) is 17.9 Å². The van der Waals surface area contributed by atoms with Crippen molar-refractivity contribution < 1.29 is 4.79 Å². The number of benzene rings is 1. The van der Waals surface area contributed by atoms with Crippen molar-refractivity contribution >= 4 is 17.8 Å². The lowest BCUT2D eigenvalue weighted by atomic mass is 9.89. The normalized spacial score (nSPS) is 23.6. The molecule has 1 aromatic carbocycles. The number of aromatic nitrogens is 3. The van der Waals surface area contributed by atoms with E-state index in [2.05, 4.69) is 39.8 Å². The minimum Gasteiger partial charge on any atom is -0.352 e. The van der Waals surface area contributed by atoms with Gasteiger partial charge in [0.15, 0.2) is 0 Å². The van der Waals surface area contributed by atoms with Crippen molar-refractivity contribution in [3.8, 4) is 0 Å². The van der Waals surface area contributed by atoms with Gasteiger partial charge in [0, 0.05) is 12.0 Å². The molecule has 2 aliphatic rings. The molecule has 2 N–H and O–H groups in total. The summed E-state index contributed by atoms with van der Waals surface area (Å²) in [6.45, 7) is 2.15. The maximum absolute atomic E-state index is 12.5. The summed E-state index contributed by atoms with van der Waals surface area (Å²) < 4.78 is 1.91. The standard InChI is InChI=1S/C19H25N5O/c1-13-12-16(14-8-4-2-5-9-14)24-19(20-13)22-18(23-24)21-17(25)15-10-6-3-7-11-15/h2,4-5,8-9,13,15-16H,3,6-7,10-12H2,1H3,(H2,20,21,22,23,25)/t13-,16+/m1/s1. The van der Waals surface area contributed by atoms with Gasteiger partial charge in [-0.05, 0) is 31.7 Å². The Hall–Kier alpha value is -2.37. The van der Waals surface area contributed by atoms with Gasteiger partial charge in [0.05, 0.1) is 6.04 Å². The highest BCUT2D eigenvalue weighted by molar-refractivity contribution is 5.91. The van der Waals surface area contributed by atoms with Gasteiger partial charge in [0.2, 0.25) is 11.9 Å². The molecule has 0 radical (unpaired) electrons. The van der Waals surface area contributed by atoms with Crippen molar-refractivity contribution in [1.29, 1.82) is 0 Å². The highest BCUT2D eigenvalue weighted by atomic mass is 16.2. The summed E-state index contributed by atoms with van der Waals surface area (Å²) in [6.07, 6.45) is 6.40. The minimum absolute atomic E-state index is 0.0620. The smallest absolute Gasteiger partial charge is 0.250 e. The molecule has 1 amide bonds. The van der Waals surface area contributed by atoms with Crippen LogP contribution in [0.5, 0.6) is 0 Å². The van der Waals surface area contributed by atoms with E-state index in [1.54, 1.807) is 0 Å². The van der Waals surface area contributed by atoms with Crippen molar-refractivity contribution in [2.75, 3.05) is 10.6 Å². The number of hydrogen-bond acceptors (Lipinski definition) is 4. The van der Waals surface area contributed by atoms with E-state index in [0.29, 0.717) is 12.0 Å². The lowest BCUT2D eigenvalue weighted by Crippen LogP contribution is -2.31. The van der Waals surface area contributed by atoms with Crippen LogP contribution in [-0.4, -0.2) is 26.7 Å². The van der Waals surface area contributed by atoms with E-state index in [4.69, 9.17) is 0 Å². The number of nitrogens with one attached hydrogen (secondary N) is 2. The highest BCUT2D eigenvalue weighted by Crippen LogP contribution is 2.32. The first kappa shape index (κ1) is 16.1. The Morgan fingerprint density at radius 3 is 2.72 bits per heavy atom. The molecule has 6 heteroatoms. The van der Waals surface area contributed by atoms with Gasteiger partial charge in [-0.2, -0.15) is 4.98 Å². The third-order valence-electron chi connectivity index (χ3n) is 5.27. The molecular formula is C19H25N5O.